The Morgan fingerprint density at radius 2 is 1.65 bits per heavy atom. The molecule has 0 saturated heterocycles. The molecule has 0 fully saturated rings. The van der Waals surface area contributed by atoms with E-state index in [1.54, 1.807) is 26.4 Å². The van der Waals surface area contributed by atoms with Crippen molar-refractivity contribution >= 4 is 40.5 Å². The van der Waals surface area contributed by atoms with E-state index in [-0.39, 0.29) is 12.3 Å². The number of amides is 1. The lowest BCUT2D eigenvalue weighted by molar-refractivity contribution is -0.120. The molecule has 0 aromatic heterocycles. The van der Waals surface area contributed by atoms with Gasteiger partial charge in [-0.1, -0.05) is 23.2 Å². The fraction of sp³-hybridized carbons (Fsp3) is 0.409. The van der Waals surface area contributed by atoms with E-state index in [2.05, 4.69) is 10.2 Å². The smallest absolute Gasteiger partial charge is 0.224 e. The predicted molar refractivity (Wildman–Crippen MR) is 127 cm³/mol. The molecule has 0 unspecified atom stereocenters. The quantitative estimate of drug-likeness (QED) is 0.344. The van der Waals surface area contributed by atoms with E-state index >= 15 is 0 Å². The number of benzene rings is 2. The molecule has 0 atom stereocenters. The number of likely N-dealkylation sites (N-methyl/N-ethyl adjacent to an activating group) is 1. The fourth-order valence-electron chi connectivity index (χ4n) is 3.12. The van der Waals surface area contributed by atoms with Crippen molar-refractivity contribution < 1.29 is 14.3 Å². The largest absolute Gasteiger partial charge is 0.493 e. The Morgan fingerprint density at radius 3 is 2.26 bits per heavy atom. The molecule has 0 aliphatic rings. The Morgan fingerprint density at radius 1 is 1.03 bits per heavy atom. The molecule has 2 aromatic carbocycles. The molecule has 0 radical (unpaired) electrons. The maximum absolute atomic E-state index is 12.3. The average Bonchev–Trinajstić information content (AvgIpc) is 2.74. The molecule has 2 aromatic rings. The third-order valence-electron chi connectivity index (χ3n) is 4.96. The van der Waals surface area contributed by atoms with E-state index in [1.165, 1.54) is 0 Å². The number of rotatable bonds is 11. The maximum atomic E-state index is 12.3. The second-order valence-corrected chi connectivity index (χ2v) is 8.13. The summed E-state index contributed by atoms with van der Waals surface area (Å²) in [6.07, 6.45) is 1.81. The van der Waals surface area contributed by atoms with E-state index in [0.29, 0.717) is 45.0 Å². The number of nitrogens with zero attached hydrogens (tertiary/aromatic N) is 1. The molecule has 1 amide bonds. The van der Waals surface area contributed by atoms with Gasteiger partial charge >= 0.3 is 0 Å². The van der Waals surface area contributed by atoms with Crippen LogP contribution in [-0.2, 0) is 17.6 Å². The first kappa shape index (κ1) is 24.9. The molecule has 170 valence electrons. The number of carbonyl (C=O) groups is 1. The zero-order chi connectivity index (χ0) is 23.0. The van der Waals surface area contributed by atoms with Crippen molar-refractivity contribution in [2.24, 2.45) is 0 Å². The molecule has 0 bridgehead atoms. The van der Waals surface area contributed by atoms with Gasteiger partial charge in [0.05, 0.1) is 36.4 Å². The summed E-state index contributed by atoms with van der Waals surface area (Å²) in [5, 5.41) is 3.88. The molecule has 2 rings (SSSR count). The number of hydrogen-bond donors (Lipinski definition) is 3. The summed E-state index contributed by atoms with van der Waals surface area (Å²) < 4.78 is 10.5. The number of methoxy groups -OCH3 is 2. The lowest BCUT2D eigenvalue weighted by Gasteiger charge is -2.17. The van der Waals surface area contributed by atoms with Gasteiger partial charge in [-0.05, 0) is 55.8 Å². The number of ether oxygens (including phenoxy) is 2. The molecule has 5 N–H and O–H groups in total. The van der Waals surface area contributed by atoms with Crippen LogP contribution in [0.4, 0.5) is 11.4 Å². The van der Waals surface area contributed by atoms with Crippen LogP contribution >= 0.6 is 23.2 Å². The molecular weight excluding hydrogens is 439 g/mol. The van der Waals surface area contributed by atoms with Crippen molar-refractivity contribution in [2.75, 3.05) is 52.4 Å². The van der Waals surface area contributed by atoms with Crippen molar-refractivity contribution in [1.82, 2.24) is 10.2 Å². The van der Waals surface area contributed by atoms with Crippen LogP contribution in [0.3, 0.4) is 0 Å². The molecule has 31 heavy (non-hydrogen) atoms. The van der Waals surface area contributed by atoms with Crippen LogP contribution in [0.25, 0.3) is 0 Å². The summed E-state index contributed by atoms with van der Waals surface area (Å²) in [4.78, 5) is 14.5. The number of halogens is 2. The van der Waals surface area contributed by atoms with Gasteiger partial charge in [0.25, 0.3) is 0 Å². The zero-order valence-electron chi connectivity index (χ0n) is 18.1. The number of nitrogen functional groups attached to an aromatic ring is 2. The molecular formula is C22H30Cl2N4O3. The maximum Gasteiger partial charge on any atom is 0.224 e. The summed E-state index contributed by atoms with van der Waals surface area (Å²) in [6.45, 7) is 2.26. The number of hydrogen-bond acceptors (Lipinski definition) is 6. The number of anilines is 2. The Kier molecular flexibility index (Phi) is 9.55. The van der Waals surface area contributed by atoms with Gasteiger partial charge in [0.15, 0.2) is 11.5 Å². The van der Waals surface area contributed by atoms with Gasteiger partial charge in [-0.25, -0.2) is 0 Å². The van der Waals surface area contributed by atoms with Crippen molar-refractivity contribution in [3.63, 3.8) is 0 Å². The topological polar surface area (TPSA) is 103 Å². The van der Waals surface area contributed by atoms with Crippen molar-refractivity contribution in [3.05, 3.63) is 45.4 Å². The minimum atomic E-state index is -0.0901. The molecule has 0 heterocycles. The molecule has 0 spiro atoms. The summed E-state index contributed by atoms with van der Waals surface area (Å²) >= 11 is 12.2. The zero-order valence-corrected chi connectivity index (χ0v) is 19.6. The van der Waals surface area contributed by atoms with Crippen LogP contribution in [0.2, 0.25) is 10.0 Å². The average molecular weight is 469 g/mol. The Labute approximate surface area is 193 Å². The number of nitrogens with one attached hydrogen (secondary N) is 1. The normalized spacial score (nSPS) is 10.9. The van der Waals surface area contributed by atoms with Crippen LogP contribution in [0, 0.1) is 0 Å². The van der Waals surface area contributed by atoms with Crippen LogP contribution in [0.5, 0.6) is 11.5 Å². The minimum Gasteiger partial charge on any atom is -0.493 e. The van der Waals surface area contributed by atoms with Crippen LogP contribution in [0.15, 0.2) is 24.3 Å². The van der Waals surface area contributed by atoms with Crippen LogP contribution in [-0.4, -0.2) is 51.7 Å². The number of carbonyl (C=O) groups excluding carboxylic acids is 1. The predicted octanol–water partition coefficient (Wildman–Crippen LogP) is 3.40. The Balaban J connectivity index is 1.73. The molecule has 0 aliphatic carbocycles. The highest BCUT2D eigenvalue weighted by molar-refractivity contribution is 6.38. The second-order valence-electron chi connectivity index (χ2n) is 7.31. The first-order valence-electron chi connectivity index (χ1n) is 9.94. The Hall–Kier alpha value is -2.35. The summed E-state index contributed by atoms with van der Waals surface area (Å²) in [5.74, 6) is 0.994. The third kappa shape index (κ3) is 7.38. The highest BCUT2D eigenvalue weighted by atomic mass is 35.5. The van der Waals surface area contributed by atoms with E-state index in [9.17, 15) is 4.79 Å². The van der Waals surface area contributed by atoms with Gasteiger partial charge in [0, 0.05) is 24.8 Å². The second kappa shape index (κ2) is 11.9. The van der Waals surface area contributed by atoms with Gasteiger partial charge in [0.1, 0.15) is 0 Å². The minimum absolute atomic E-state index is 0.0901. The van der Waals surface area contributed by atoms with Gasteiger partial charge in [-0.3, -0.25) is 4.79 Å². The third-order valence-corrected chi connectivity index (χ3v) is 5.58. The highest BCUT2D eigenvalue weighted by Crippen LogP contribution is 2.32. The van der Waals surface area contributed by atoms with E-state index in [4.69, 9.17) is 44.1 Å². The molecule has 0 aliphatic heterocycles. The summed E-state index contributed by atoms with van der Waals surface area (Å²) in [7, 11) is 5.12. The van der Waals surface area contributed by atoms with Crippen LogP contribution < -0.4 is 26.3 Å². The fourth-order valence-corrected chi connectivity index (χ4v) is 3.65. The van der Waals surface area contributed by atoms with Crippen LogP contribution in [0.1, 0.15) is 17.5 Å². The molecule has 9 heteroatoms. The van der Waals surface area contributed by atoms with Crippen molar-refractivity contribution in [3.8, 4) is 11.5 Å². The summed E-state index contributed by atoms with van der Waals surface area (Å²) in [5.41, 5.74) is 14.4. The first-order valence-corrected chi connectivity index (χ1v) is 10.7. The standard InChI is InChI=1S/C22H30Cl2N4O3/c1-28(8-5-14-9-16(23)22(26)17(24)10-14)7-4-6-27-21(29)12-15-11-19(30-2)20(31-3)13-18(15)25/h9-11,13H,4-8,12,25-26H2,1-3H3,(H,27,29). The highest BCUT2D eigenvalue weighted by Gasteiger charge is 2.12. The van der Waals surface area contributed by atoms with E-state index in [0.717, 1.165) is 31.5 Å². The first-order chi connectivity index (χ1) is 14.7. The molecule has 0 saturated carbocycles. The van der Waals surface area contributed by atoms with Gasteiger partial charge in [-0.15, -0.1) is 0 Å². The summed E-state index contributed by atoms with van der Waals surface area (Å²) in [6, 6.07) is 7.09. The van der Waals surface area contributed by atoms with Gasteiger partial charge < -0.3 is 31.2 Å². The lowest BCUT2D eigenvalue weighted by atomic mass is 10.1. The number of nitrogens with two attached hydrogens (primary N) is 2. The Bertz CT molecular complexity index is 886. The van der Waals surface area contributed by atoms with Gasteiger partial charge in [-0.2, -0.15) is 0 Å². The van der Waals surface area contributed by atoms with Crippen molar-refractivity contribution in [2.45, 2.75) is 19.3 Å². The SMILES string of the molecule is COc1cc(N)c(CC(=O)NCCCN(C)CCc2cc(Cl)c(N)c(Cl)c2)cc1OC. The monoisotopic (exact) mass is 468 g/mol. The molecule has 7 nitrogen and oxygen atoms in total. The lowest BCUT2D eigenvalue weighted by Crippen LogP contribution is -2.30. The van der Waals surface area contributed by atoms with E-state index < -0.39 is 0 Å². The van der Waals surface area contributed by atoms with E-state index in [1.807, 2.05) is 19.2 Å². The van der Waals surface area contributed by atoms with Gasteiger partial charge in [0.2, 0.25) is 5.91 Å². The van der Waals surface area contributed by atoms with Crippen molar-refractivity contribution in [1.29, 1.82) is 0 Å².